The molecule has 106 valence electrons. The first kappa shape index (κ1) is 14.1. The molecule has 0 radical (unpaired) electrons. The van der Waals surface area contributed by atoms with Crippen molar-refractivity contribution >= 4 is 11.8 Å². The molecule has 0 spiro atoms. The number of aromatic nitrogens is 2. The zero-order valence-electron chi connectivity index (χ0n) is 12.7. The van der Waals surface area contributed by atoms with Gasteiger partial charge in [0.1, 0.15) is 5.82 Å². The van der Waals surface area contributed by atoms with Gasteiger partial charge in [0.2, 0.25) is 5.95 Å². The van der Waals surface area contributed by atoms with E-state index in [1.807, 2.05) is 6.92 Å². The van der Waals surface area contributed by atoms with Crippen molar-refractivity contribution in [3.63, 3.8) is 0 Å². The van der Waals surface area contributed by atoms with Gasteiger partial charge in [0.05, 0.1) is 0 Å². The summed E-state index contributed by atoms with van der Waals surface area (Å²) in [5.41, 5.74) is 7.46. The number of nitrogens with two attached hydrogens (primary N) is 1. The zero-order chi connectivity index (χ0) is 14.3. The molecule has 0 unspecified atom stereocenters. The minimum absolute atomic E-state index is 0.336. The van der Waals surface area contributed by atoms with Crippen molar-refractivity contribution in [2.24, 2.45) is 10.8 Å². The van der Waals surface area contributed by atoms with Crippen molar-refractivity contribution in [2.75, 3.05) is 11.1 Å². The quantitative estimate of drug-likeness (QED) is 0.857. The molecule has 2 rings (SSSR count). The highest BCUT2D eigenvalue weighted by molar-refractivity contribution is 5.46. The van der Waals surface area contributed by atoms with E-state index in [1.54, 1.807) is 6.20 Å². The van der Waals surface area contributed by atoms with Crippen molar-refractivity contribution < 1.29 is 0 Å². The molecule has 0 amide bonds. The minimum atomic E-state index is 0.336. The molecule has 3 N–H and O–H groups in total. The number of anilines is 2. The van der Waals surface area contributed by atoms with Crippen LogP contribution in [-0.2, 0) is 0 Å². The lowest BCUT2D eigenvalue weighted by Gasteiger charge is -2.45. The SMILES string of the molecule is Cc1cnc(N)nc1NC1CC(C)(C)CC(C)(C)C1. The minimum Gasteiger partial charge on any atom is -0.368 e. The van der Waals surface area contributed by atoms with Gasteiger partial charge in [-0.05, 0) is 37.0 Å². The maximum absolute atomic E-state index is 5.68. The van der Waals surface area contributed by atoms with E-state index >= 15 is 0 Å². The van der Waals surface area contributed by atoms with Crippen LogP contribution in [0.25, 0.3) is 0 Å². The molecule has 1 heterocycles. The van der Waals surface area contributed by atoms with E-state index in [9.17, 15) is 0 Å². The Kier molecular flexibility index (Phi) is 3.45. The molecule has 0 saturated heterocycles. The van der Waals surface area contributed by atoms with Gasteiger partial charge in [-0.2, -0.15) is 4.98 Å². The second kappa shape index (κ2) is 4.66. The monoisotopic (exact) mass is 262 g/mol. The third-order valence-electron chi connectivity index (χ3n) is 3.89. The normalized spacial score (nSPS) is 22.2. The molecule has 0 bridgehead atoms. The number of nitrogen functional groups attached to an aromatic ring is 1. The van der Waals surface area contributed by atoms with Gasteiger partial charge in [-0.3, -0.25) is 0 Å². The molecule has 1 fully saturated rings. The maximum atomic E-state index is 5.68. The Balaban J connectivity index is 2.16. The molecule has 1 aromatic heterocycles. The van der Waals surface area contributed by atoms with Gasteiger partial charge in [0.15, 0.2) is 0 Å². The number of rotatable bonds is 2. The number of hydrogen-bond donors (Lipinski definition) is 2. The maximum Gasteiger partial charge on any atom is 0.221 e. The van der Waals surface area contributed by atoms with Gasteiger partial charge in [-0.25, -0.2) is 4.98 Å². The predicted molar refractivity (Wildman–Crippen MR) is 80.0 cm³/mol. The second-order valence-electron chi connectivity index (χ2n) is 7.51. The van der Waals surface area contributed by atoms with Crippen LogP contribution in [0, 0.1) is 17.8 Å². The van der Waals surface area contributed by atoms with E-state index < -0.39 is 0 Å². The van der Waals surface area contributed by atoms with E-state index in [4.69, 9.17) is 5.73 Å². The first-order valence-electron chi connectivity index (χ1n) is 7.03. The fourth-order valence-electron chi connectivity index (χ4n) is 3.74. The molecule has 1 saturated carbocycles. The summed E-state index contributed by atoms with van der Waals surface area (Å²) in [6, 6.07) is 0.451. The summed E-state index contributed by atoms with van der Waals surface area (Å²) in [4.78, 5) is 8.33. The van der Waals surface area contributed by atoms with E-state index in [2.05, 4.69) is 43.0 Å². The second-order valence-corrected chi connectivity index (χ2v) is 7.51. The predicted octanol–water partition coefficient (Wildman–Crippen LogP) is 3.38. The Hall–Kier alpha value is -1.32. The van der Waals surface area contributed by atoms with Crippen LogP contribution >= 0.6 is 0 Å². The molecule has 0 aliphatic heterocycles. The van der Waals surface area contributed by atoms with Gasteiger partial charge in [0.25, 0.3) is 0 Å². The molecule has 1 aromatic rings. The molecule has 1 aliphatic rings. The van der Waals surface area contributed by atoms with Crippen molar-refractivity contribution in [1.82, 2.24) is 9.97 Å². The van der Waals surface area contributed by atoms with Crippen LogP contribution in [0.3, 0.4) is 0 Å². The van der Waals surface area contributed by atoms with Crippen LogP contribution in [0.1, 0.15) is 52.5 Å². The van der Waals surface area contributed by atoms with Gasteiger partial charge in [0, 0.05) is 17.8 Å². The molecular weight excluding hydrogens is 236 g/mol. The molecular formula is C15H26N4. The van der Waals surface area contributed by atoms with Crippen LogP contribution < -0.4 is 11.1 Å². The fraction of sp³-hybridized carbons (Fsp3) is 0.733. The highest BCUT2D eigenvalue weighted by Gasteiger charge is 2.38. The number of hydrogen-bond acceptors (Lipinski definition) is 4. The van der Waals surface area contributed by atoms with Crippen molar-refractivity contribution in [2.45, 2.75) is 59.9 Å². The molecule has 0 aromatic carbocycles. The number of nitrogens with zero attached hydrogens (tertiary/aromatic N) is 2. The average Bonchev–Trinajstić information content (AvgIpc) is 2.18. The van der Waals surface area contributed by atoms with Crippen LogP contribution in [0.2, 0.25) is 0 Å². The Morgan fingerprint density at radius 3 is 2.37 bits per heavy atom. The smallest absolute Gasteiger partial charge is 0.221 e. The molecule has 4 nitrogen and oxygen atoms in total. The topological polar surface area (TPSA) is 63.8 Å². The lowest BCUT2D eigenvalue weighted by atomic mass is 9.63. The molecule has 0 atom stereocenters. The lowest BCUT2D eigenvalue weighted by Crippen LogP contribution is -2.40. The van der Waals surface area contributed by atoms with Gasteiger partial charge in [-0.15, -0.1) is 0 Å². The molecule has 1 aliphatic carbocycles. The van der Waals surface area contributed by atoms with Gasteiger partial charge in [-0.1, -0.05) is 27.7 Å². The van der Waals surface area contributed by atoms with Crippen molar-refractivity contribution in [3.05, 3.63) is 11.8 Å². The van der Waals surface area contributed by atoms with Crippen LogP contribution in [0.15, 0.2) is 6.20 Å². The van der Waals surface area contributed by atoms with E-state index in [0.29, 0.717) is 22.8 Å². The lowest BCUT2D eigenvalue weighted by molar-refractivity contribution is 0.105. The first-order chi connectivity index (χ1) is 8.67. The summed E-state index contributed by atoms with van der Waals surface area (Å²) in [7, 11) is 0. The van der Waals surface area contributed by atoms with E-state index in [-0.39, 0.29) is 0 Å². The summed E-state index contributed by atoms with van der Waals surface area (Å²) in [5, 5.41) is 3.57. The van der Waals surface area contributed by atoms with Crippen LogP contribution in [0.5, 0.6) is 0 Å². The highest BCUT2D eigenvalue weighted by atomic mass is 15.1. The number of aryl methyl sites for hydroxylation is 1. The molecule has 19 heavy (non-hydrogen) atoms. The summed E-state index contributed by atoms with van der Waals surface area (Å²) in [5.74, 6) is 1.22. The fourth-order valence-corrected chi connectivity index (χ4v) is 3.74. The number of nitrogens with one attached hydrogen (secondary N) is 1. The van der Waals surface area contributed by atoms with Gasteiger partial charge < -0.3 is 11.1 Å². The standard InChI is InChI=1S/C15H26N4/c1-10-8-17-13(16)19-12(10)18-11-6-14(2,3)9-15(4,5)7-11/h8,11H,6-7,9H2,1-5H3,(H3,16,17,18,19). The Bertz CT molecular complexity index is 449. The van der Waals surface area contributed by atoms with Gasteiger partial charge >= 0.3 is 0 Å². The summed E-state index contributed by atoms with van der Waals surface area (Å²) in [6.07, 6.45) is 5.38. The van der Waals surface area contributed by atoms with Crippen LogP contribution in [-0.4, -0.2) is 16.0 Å². The van der Waals surface area contributed by atoms with Crippen LogP contribution in [0.4, 0.5) is 11.8 Å². The highest BCUT2D eigenvalue weighted by Crippen LogP contribution is 2.46. The summed E-state index contributed by atoms with van der Waals surface area (Å²) < 4.78 is 0. The summed E-state index contributed by atoms with van der Waals surface area (Å²) in [6.45, 7) is 11.4. The Morgan fingerprint density at radius 2 is 1.79 bits per heavy atom. The Morgan fingerprint density at radius 1 is 1.21 bits per heavy atom. The molecule has 4 heteroatoms. The van der Waals surface area contributed by atoms with E-state index in [1.165, 1.54) is 19.3 Å². The van der Waals surface area contributed by atoms with Crippen molar-refractivity contribution in [1.29, 1.82) is 0 Å². The summed E-state index contributed by atoms with van der Waals surface area (Å²) >= 11 is 0. The van der Waals surface area contributed by atoms with E-state index in [0.717, 1.165) is 11.4 Å². The third kappa shape index (κ3) is 3.58. The Labute approximate surface area is 116 Å². The average molecular weight is 262 g/mol. The van der Waals surface area contributed by atoms with Crippen molar-refractivity contribution in [3.8, 4) is 0 Å². The third-order valence-corrected chi connectivity index (χ3v) is 3.89. The largest absolute Gasteiger partial charge is 0.368 e. The first-order valence-corrected chi connectivity index (χ1v) is 7.03. The zero-order valence-corrected chi connectivity index (χ0v) is 12.7.